The van der Waals surface area contributed by atoms with Crippen molar-refractivity contribution < 1.29 is 4.79 Å². The maximum absolute atomic E-state index is 11.7. The Morgan fingerprint density at radius 2 is 1.45 bits per heavy atom. The second kappa shape index (κ2) is 1.30. The minimum absolute atomic E-state index is 0.573. The second-order valence-corrected chi connectivity index (χ2v) is 4.92. The molecular formula is C10H12O. The summed E-state index contributed by atoms with van der Waals surface area (Å²) >= 11 is 0. The number of carbonyl (C=O) groups excluding carboxylic acids is 1. The Morgan fingerprint density at radius 1 is 0.909 bits per heavy atom. The summed E-state index contributed by atoms with van der Waals surface area (Å²) in [6.07, 6.45) is 4.16. The predicted molar refractivity (Wildman–Crippen MR) is 39.8 cm³/mol. The molecule has 0 aliphatic heterocycles. The number of rotatable bonds is 0. The molecule has 6 atom stereocenters. The van der Waals surface area contributed by atoms with Crippen LogP contribution < -0.4 is 0 Å². The van der Waals surface area contributed by atoms with Crippen LogP contribution in [0.1, 0.15) is 19.3 Å². The maximum atomic E-state index is 11.7. The van der Waals surface area contributed by atoms with E-state index in [9.17, 15) is 4.79 Å². The zero-order valence-electron chi connectivity index (χ0n) is 6.49. The van der Waals surface area contributed by atoms with Crippen molar-refractivity contribution >= 4 is 5.78 Å². The van der Waals surface area contributed by atoms with Crippen molar-refractivity contribution in [1.29, 1.82) is 0 Å². The van der Waals surface area contributed by atoms with Crippen LogP contribution in [-0.4, -0.2) is 5.78 Å². The lowest BCUT2D eigenvalue weighted by molar-refractivity contribution is -0.123. The van der Waals surface area contributed by atoms with Crippen LogP contribution in [0.15, 0.2) is 0 Å². The van der Waals surface area contributed by atoms with Gasteiger partial charge in [-0.15, -0.1) is 0 Å². The lowest BCUT2D eigenvalue weighted by Gasteiger charge is -2.38. The quantitative estimate of drug-likeness (QED) is 0.508. The minimum atomic E-state index is 0.573. The van der Waals surface area contributed by atoms with Crippen LogP contribution in [0, 0.1) is 35.5 Å². The van der Waals surface area contributed by atoms with Crippen molar-refractivity contribution in [3.63, 3.8) is 0 Å². The maximum Gasteiger partial charge on any atom is 0.140 e. The number of ketones is 1. The van der Waals surface area contributed by atoms with Crippen LogP contribution >= 0.6 is 0 Å². The van der Waals surface area contributed by atoms with Crippen molar-refractivity contribution in [3.05, 3.63) is 0 Å². The zero-order chi connectivity index (χ0) is 7.16. The molecular weight excluding hydrogens is 136 g/mol. The summed E-state index contributed by atoms with van der Waals surface area (Å²) < 4.78 is 0. The second-order valence-electron chi connectivity index (χ2n) is 4.92. The normalized spacial score (nSPS) is 68.9. The predicted octanol–water partition coefficient (Wildman–Crippen LogP) is 1.48. The summed E-state index contributed by atoms with van der Waals surface area (Å²) in [6, 6.07) is 0. The van der Waals surface area contributed by atoms with E-state index in [0.717, 1.165) is 23.7 Å². The van der Waals surface area contributed by atoms with Crippen LogP contribution in [0.4, 0.5) is 0 Å². The molecule has 4 rings (SSSR count). The smallest absolute Gasteiger partial charge is 0.140 e. The average Bonchev–Trinajstić information content (AvgIpc) is 2.60. The molecule has 4 fully saturated rings. The standard InChI is InChI=1S/C10H12O/c11-10-8-4-1-2-5(4)9(10)7-3-6(7)8/h4-9H,1-3H2/t4-,5+,6-,7+,8+,9-. The SMILES string of the molecule is O=C1[C@H]2[C@@H]3CC[C@@H]3[C@@H]1[C@H]1C[C@H]12. The van der Waals surface area contributed by atoms with Crippen LogP contribution in [0.2, 0.25) is 0 Å². The number of Topliss-reactive ketones (excluding diaryl/α,β-unsaturated/α-hetero) is 1. The largest absolute Gasteiger partial charge is 0.299 e. The van der Waals surface area contributed by atoms with E-state index in [1.54, 1.807) is 0 Å². The van der Waals surface area contributed by atoms with Crippen LogP contribution in [-0.2, 0) is 4.79 Å². The van der Waals surface area contributed by atoms with Gasteiger partial charge in [0.25, 0.3) is 0 Å². The van der Waals surface area contributed by atoms with Crippen LogP contribution in [0.3, 0.4) is 0 Å². The summed E-state index contributed by atoms with van der Waals surface area (Å²) in [5, 5.41) is 0. The Bertz CT molecular complexity index is 234. The molecule has 1 nitrogen and oxygen atoms in total. The number of hydrogen-bond donors (Lipinski definition) is 0. The van der Waals surface area contributed by atoms with Crippen molar-refractivity contribution in [3.8, 4) is 0 Å². The molecule has 0 spiro atoms. The van der Waals surface area contributed by atoms with Crippen molar-refractivity contribution in [2.75, 3.05) is 0 Å². The molecule has 0 aromatic heterocycles. The molecule has 0 amide bonds. The van der Waals surface area contributed by atoms with Gasteiger partial charge in [0.05, 0.1) is 0 Å². The third-order valence-electron chi connectivity index (χ3n) is 4.78. The Morgan fingerprint density at radius 3 is 1.91 bits per heavy atom. The summed E-state index contributed by atoms with van der Waals surface area (Å²) in [4.78, 5) is 11.7. The first-order valence-corrected chi connectivity index (χ1v) is 4.91. The first-order valence-electron chi connectivity index (χ1n) is 4.91. The third-order valence-corrected chi connectivity index (χ3v) is 4.78. The molecule has 4 aliphatic carbocycles. The summed E-state index contributed by atoms with van der Waals surface area (Å²) in [5.41, 5.74) is 0. The molecule has 0 unspecified atom stereocenters. The molecule has 2 bridgehead atoms. The first-order chi connectivity index (χ1) is 5.38. The number of fused-ring (bicyclic) bond motifs is 8. The summed E-state index contributed by atoms with van der Waals surface area (Å²) in [6.45, 7) is 0. The van der Waals surface area contributed by atoms with Crippen molar-refractivity contribution in [1.82, 2.24) is 0 Å². The van der Waals surface area contributed by atoms with E-state index in [4.69, 9.17) is 0 Å². The van der Waals surface area contributed by atoms with Gasteiger partial charge in [0.2, 0.25) is 0 Å². The Hall–Kier alpha value is -0.330. The van der Waals surface area contributed by atoms with Crippen molar-refractivity contribution in [2.24, 2.45) is 35.5 Å². The molecule has 0 heterocycles. The van der Waals surface area contributed by atoms with E-state index >= 15 is 0 Å². The fourth-order valence-corrected chi connectivity index (χ4v) is 4.21. The highest BCUT2D eigenvalue weighted by Gasteiger charge is 2.71. The number of hydrogen-bond acceptors (Lipinski definition) is 1. The van der Waals surface area contributed by atoms with Gasteiger partial charge >= 0.3 is 0 Å². The Kier molecular flexibility index (Phi) is 0.630. The molecule has 0 aromatic rings. The van der Waals surface area contributed by atoms with Crippen LogP contribution in [0.5, 0.6) is 0 Å². The third kappa shape index (κ3) is 0.380. The lowest BCUT2D eigenvalue weighted by atomic mass is 9.66. The molecule has 4 saturated carbocycles. The van der Waals surface area contributed by atoms with E-state index in [-0.39, 0.29) is 0 Å². The van der Waals surface area contributed by atoms with Gasteiger partial charge in [-0.1, -0.05) is 0 Å². The molecule has 0 aromatic carbocycles. The van der Waals surface area contributed by atoms with E-state index in [1.165, 1.54) is 19.3 Å². The van der Waals surface area contributed by atoms with Gasteiger partial charge in [-0.25, -0.2) is 0 Å². The molecule has 0 saturated heterocycles. The van der Waals surface area contributed by atoms with E-state index in [1.807, 2.05) is 0 Å². The molecule has 0 N–H and O–H groups in total. The van der Waals surface area contributed by atoms with Gasteiger partial charge in [-0.3, -0.25) is 4.79 Å². The first kappa shape index (κ1) is 5.34. The highest BCUT2D eigenvalue weighted by molar-refractivity contribution is 5.91. The van der Waals surface area contributed by atoms with Gasteiger partial charge in [0, 0.05) is 11.8 Å². The Balaban J connectivity index is 1.88. The van der Waals surface area contributed by atoms with Gasteiger partial charge in [-0.2, -0.15) is 0 Å². The van der Waals surface area contributed by atoms with E-state index in [0.29, 0.717) is 17.6 Å². The van der Waals surface area contributed by atoms with E-state index in [2.05, 4.69) is 0 Å². The van der Waals surface area contributed by atoms with Gasteiger partial charge in [0.15, 0.2) is 0 Å². The molecule has 4 aliphatic rings. The van der Waals surface area contributed by atoms with E-state index < -0.39 is 0 Å². The van der Waals surface area contributed by atoms with Gasteiger partial charge < -0.3 is 0 Å². The van der Waals surface area contributed by atoms with Crippen molar-refractivity contribution in [2.45, 2.75) is 19.3 Å². The summed E-state index contributed by atoms with van der Waals surface area (Å²) in [7, 11) is 0. The fourth-order valence-electron chi connectivity index (χ4n) is 4.21. The minimum Gasteiger partial charge on any atom is -0.299 e. The molecule has 0 radical (unpaired) electrons. The average molecular weight is 148 g/mol. The Labute approximate surface area is 66.2 Å². The zero-order valence-corrected chi connectivity index (χ0v) is 6.49. The van der Waals surface area contributed by atoms with Crippen LogP contribution in [0.25, 0.3) is 0 Å². The number of carbonyl (C=O) groups is 1. The van der Waals surface area contributed by atoms with Gasteiger partial charge in [-0.05, 0) is 42.9 Å². The summed E-state index contributed by atoms with van der Waals surface area (Å²) in [5.74, 6) is 5.34. The monoisotopic (exact) mass is 148 g/mol. The molecule has 58 valence electrons. The highest BCUT2D eigenvalue weighted by Crippen LogP contribution is 2.72. The lowest BCUT2D eigenvalue weighted by Crippen LogP contribution is -2.32. The van der Waals surface area contributed by atoms with Gasteiger partial charge in [0.1, 0.15) is 5.78 Å². The molecule has 1 heteroatoms. The fraction of sp³-hybridized carbons (Fsp3) is 0.900. The topological polar surface area (TPSA) is 17.1 Å². The highest BCUT2D eigenvalue weighted by atomic mass is 16.1. The molecule has 11 heavy (non-hydrogen) atoms.